The molecule has 0 aromatic rings. The van der Waals surface area contributed by atoms with E-state index in [1.54, 1.807) is 0 Å². The third kappa shape index (κ3) is 4.04. The third-order valence-electron chi connectivity index (χ3n) is 3.26. The average Bonchev–Trinajstić information content (AvgIpc) is 2.71. The SMILES string of the molecule is CCNC(COC(C)C)C1CCOC1CC. The third-order valence-corrected chi connectivity index (χ3v) is 3.26. The summed E-state index contributed by atoms with van der Waals surface area (Å²) in [6.07, 6.45) is 3.00. The van der Waals surface area contributed by atoms with Crippen molar-refractivity contribution in [1.29, 1.82) is 0 Å². The Hall–Kier alpha value is -0.120. The Balaban J connectivity index is 2.47. The smallest absolute Gasteiger partial charge is 0.0626 e. The Morgan fingerprint density at radius 2 is 2.12 bits per heavy atom. The van der Waals surface area contributed by atoms with Gasteiger partial charge in [-0.25, -0.2) is 0 Å². The largest absolute Gasteiger partial charge is 0.378 e. The summed E-state index contributed by atoms with van der Waals surface area (Å²) in [6.45, 7) is 11.2. The fraction of sp³-hybridized carbons (Fsp3) is 1.00. The van der Waals surface area contributed by atoms with E-state index in [1.807, 2.05) is 0 Å². The lowest BCUT2D eigenvalue weighted by molar-refractivity contribution is 0.0266. The van der Waals surface area contributed by atoms with Crippen molar-refractivity contribution < 1.29 is 9.47 Å². The first kappa shape index (κ1) is 13.9. The van der Waals surface area contributed by atoms with Gasteiger partial charge in [-0.3, -0.25) is 0 Å². The molecule has 0 aromatic carbocycles. The molecule has 3 heteroatoms. The van der Waals surface area contributed by atoms with Crippen LogP contribution < -0.4 is 5.32 Å². The summed E-state index contributed by atoms with van der Waals surface area (Å²) in [5.74, 6) is 0.615. The van der Waals surface area contributed by atoms with Crippen LogP contribution in [0.3, 0.4) is 0 Å². The van der Waals surface area contributed by atoms with Crippen molar-refractivity contribution in [3.05, 3.63) is 0 Å². The molecule has 1 aliphatic rings. The first-order valence-corrected chi connectivity index (χ1v) is 6.65. The van der Waals surface area contributed by atoms with Gasteiger partial charge in [0.15, 0.2) is 0 Å². The molecule has 96 valence electrons. The second-order valence-corrected chi connectivity index (χ2v) is 4.82. The fourth-order valence-electron chi connectivity index (χ4n) is 2.44. The number of nitrogens with one attached hydrogen (secondary N) is 1. The van der Waals surface area contributed by atoms with Gasteiger partial charge in [0.05, 0.1) is 18.8 Å². The summed E-state index contributed by atoms with van der Waals surface area (Å²) in [7, 11) is 0. The fourth-order valence-corrected chi connectivity index (χ4v) is 2.44. The van der Waals surface area contributed by atoms with Crippen molar-refractivity contribution in [2.75, 3.05) is 19.8 Å². The summed E-state index contributed by atoms with van der Waals surface area (Å²) in [6, 6.07) is 0.444. The van der Waals surface area contributed by atoms with Crippen molar-refractivity contribution in [3.63, 3.8) is 0 Å². The lowest BCUT2D eigenvalue weighted by Crippen LogP contribution is -2.43. The molecular weight excluding hydrogens is 202 g/mol. The van der Waals surface area contributed by atoms with Crippen molar-refractivity contribution in [3.8, 4) is 0 Å². The Kier molecular flexibility index (Phi) is 6.32. The van der Waals surface area contributed by atoms with E-state index in [2.05, 4.69) is 33.0 Å². The molecule has 3 nitrogen and oxygen atoms in total. The van der Waals surface area contributed by atoms with Crippen molar-refractivity contribution in [1.82, 2.24) is 5.32 Å². The van der Waals surface area contributed by atoms with Crippen LogP contribution in [0.2, 0.25) is 0 Å². The Bertz CT molecular complexity index is 185. The molecule has 1 heterocycles. The van der Waals surface area contributed by atoms with Crippen LogP contribution in [0.5, 0.6) is 0 Å². The summed E-state index contributed by atoms with van der Waals surface area (Å²) in [5.41, 5.74) is 0. The van der Waals surface area contributed by atoms with E-state index in [-0.39, 0.29) is 0 Å². The topological polar surface area (TPSA) is 30.5 Å². The Morgan fingerprint density at radius 1 is 1.38 bits per heavy atom. The molecule has 0 bridgehead atoms. The van der Waals surface area contributed by atoms with Crippen LogP contribution in [-0.2, 0) is 9.47 Å². The van der Waals surface area contributed by atoms with Crippen LogP contribution in [0.25, 0.3) is 0 Å². The molecule has 1 rings (SSSR count). The van der Waals surface area contributed by atoms with Crippen LogP contribution in [0.15, 0.2) is 0 Å². The van der Waals surface area contributed by atoms with Crippen LogP contribution in [0.1, 0.15) is 40.5 Å². The van der Waals surface area contributed by atoms with Crippen molar-refractivity contribution >= 4 is 0 Å². The lowest BCUT2D eigenvalue weighted by atomic mass is 9.91. The molecule has 0 aromatic heterocycles. The molecule has 0 radical (unpaired) electrons. The van der Waals surface area contributed by atoms with Gasteiger partial charge in [0.1, 0.15) is 0 Å². The van der Waals surface area contributed by atoms with Crippen LogP contribution in [0.4, 0.5) is 0 Å². The molecule has 1 N–H and O–H groups in total. The van der Waals surface area contributed by atoms with E-state index >= 15 is 0 Å². The average molecular weight is 229 g/mol. The number of rotatable bonds is 7. The maximum absolute atomic E-state index is 5.75. The quantitative estimate of drug-likeness (QED) is 0.726. The van der Waals surface area contributed by atoms with Crippen molar-refractivity contribution in [2.24, 2.45) is 5.92 Å². The van der Waals surface area contributed by atoms with Gasteiger partial charge in [-0.05, 0) is 33.2 Å². The van der Waals surface area contributed by atoms with E-state index in [1.165, 1.54) is 0 Å². The van der Waals surface area contributed by atoms with Gasteiger partial charge in [0, 0.05) is 18.6 Å². The summed E-state index contributed by atoms with van der Waals surface area (Å²) < 4.78 is 11.5. The predicted octanol–water partition coefficient (Wildman–Crippen LogP) is 2.20. The number of ether oxygens (including phenoxy) is 2. The lowest BCUT2D eigenvalue weighted by Gasteiger charge is -2.28. The molecule has 0 spiro atoms. The molecule has 0 aliphatic carbocycles. The monoisotopic (exact) mass is 229 g/mol. The van der Waals surface area contributed by atoms with Crippen molar-refractivity contribution in [2.45, 2.75) is 58.8 Å². The Morgan fingerprint density at radius 3 is 2.69 bits per heavy atom. The number of hydrogen-bond donors (Lipinski definition) is 1. The number of hydrogen-bond acceptors (Lipinski definition) is 3. The molecule has 1 aliphatic heterocycles. The second kappa shape index (κ2) is 7.25. The van der Waals surface area contributed by atoms with E-state index in [4.69, 9.17) is 9.47 Å². The maximum Gasteiger partial charge on any atom is 0.0626 e. The summed E-state index contributed by atoms with van der Waals surface area (Å²) in [5, 5.41) is 3.54. The van der Waals surface area contributed by atoms with Crippen LogP contribution in [0, 0.1) is 5.92 Å². The minimum absolute atomic E-state index is 0.309. The standard InChI is InChI=1S/C13H27NO2/c1-5-13-11(7-8-15-13)12(14-6-2)9-16-10(3)4/h10-14H,5-9H2,1-4H3. The maximum atomic E-state index is 5.75. The van der Waals surface area contributed by atoms with E-state index in [9.17, 15) is 0 Å². The minimum atomic E-state index is 0.309. The number of likely N-dealkylation sites (N-methyl/N-ethyl adjacent to an activating group) is 1. The molecule has 3 unspecified atom stereocenters. The van der Waals surface area contributed by atoms with E-state index < -0.39 is 0 Å². The first-order chi connectivity index (χ1) is 7.69. The normalized spacial score (nSPS) is 27.6. The highest BCUT2D eigenvalue weighted by atomic mass is 16.5. The Labute approximate surface area is 99.9 Å². The van der Waals surface area contributed by atoms with Gasteiger partial charge in [0.25, 0.3) is 0 Å². The van der Waals surface area contributed by atoms with Gasteiger partial charge in [-0.2, -0.15) is 0 Å². The highest BCUT2D eigenvalue weighted by Gasteiger charge is 2.33. The molecule has 3 atom stereocenters. The zero-order valence-corrected chi connectivity index (χ0v) is 11.2. The second-order valence-electron chi connectivity index (χ2n) is 4.82. The van der Waals surface area contributed by atoms with Crippen LogP contribution in [-0.4, -0.2) is 38.0 Å². The molecule has 0 amide bonds. The molecular formula is C13H27NO2. The molecule has 1 saturated heterocycles. The van der Waals surface area contributed by atoms with Gasteiger partial charge in [-0.15, -0.1) is 0 Å². The molecule has 16 heavy (non-hydrogen) atoms. The molecule has 0 saturated carbocycles. The van der Waals surface area contributed by atoms with Gasteiger partial charge in [-0.1, -0.05) is 13.8 Å². The highest BCUT2D eigenvalue weighted by Crippen LogP contribution is 2.26. The van der Waals surface area contributed by atoms with Gasteiger partial charge >= 0.3 is 0 Å². The van der Waals surface area contributed by atoms with Gasteiger partial charge in [0.2, 0.25) is 0 Å². The molecule has 1 fully saturated rings. The first-order valence-electron chi connectivity index (χ1n) is 6.65. The zero-order chi connectivity index (χ0) is 12.0. The minimum Gasteiger partial charge on any atom is -0.378 e. The summed E-state index contributed by atoms with van der Waals surface area (Å²) >= 11 is 0. The summed E-state index contributed by atoms with van der Waals surface area (Å²) in [4.78, 5) is 0. The van der Waals surface area contributed by atoms with E-state index in [0.29, 0.717) is 24.2 Å². The zero-order valence-electron chi connectivity index (χ0n) is 11.2. The predicted molar refractivity (Wildman–Crippen MR) is 66.7 cm³/mol. The van der Waals surface area contributed by atoms with E-state index in [0.717, 1.165) is 32.6 Å². The van der Waals surface area contributed by atoms with Gasteiger partial charge < -0.3 is 14.8 Å². The highest BCUT2D eigenvalue weighted by molar-refractivity contribution is 4.85. The van der Waals surface area contributed by atoms with Crippen LogP contribution >= 0.6 is 0 Å².